The zero-order valence-electron chi connectivity index (χ0n) is 29.9. The van der Waals surface area contributed by atoms with Gasteiger partial charge in [0.25, 0.3) is 11.8 Å². The summed E-state index contributed by atoms with van der Waals surface area (Å²) in [6, 6.07) is 2.91. The Bertz CT molecular complexity index is 1380. The molecule has 0 aliphatic carbocycles. The van der Waals surface area contributed by atoms with Gasteiger partial charge in [0.1, 0.15) is 5.75 Å². The molecule has 3 aliphatic rings. The molecule has 3 aliphatic heterocycles. The maximum Gasteiger partial charge on any atom is 0.412 e. The summed E-state index contributed by atoms with van der Waals surface area (Å²) in [6.45, 7) is 12.7. The van der Waals surface area contributed by atoms with Crippen LogP contribution in [0.1, 0.15) is 82.6 Å². The van der Waals surface area contributed by atoms with Crippen LogP contribution in [0.2, 0.25) is 0 Å². The smallest absolute Gasteiger partial charge is 0.412 e. The van der Waals surface area contributed by atoms with E-state index in [4.69, 9.17) is 23.7 Å². The van der Waals surface area contributed by atoms with E-state index in [1.807, 2.05) is 20.8 Å². The maximum absolute atomic E-state index is 14.4. The van der Waals surface area contributed by atoms with Crippen molar-refractivity contribution in [3.63, 3.8) is 0 Å². The summed E-state index contributed by atoms with van der Waals surface area (Å²) in [5.41, 5.74) is 0.199. The van der Waals surface area contributed by atoms with E-state index in [9.17, 15) is 24.0 Å². The lowest BCUT2D eigenvalue weighted by atomic mass is 9.97. The number of nitrogens with one attached hydrogen (secondary N) is 1. The maximum atomic E-state index is 14.4. The molecule has 0 radical (unpaired) electrons. The van der Waals surface area contributed by atoms with Crippen molar-refractivity contribution in [2.45, 2.75) is 97.6 Å². The van der Waals surface area contributed by atoms with Crippen molar-refractivity contribution < 1.29 is 47.7 Å². The molecule has 49 heavy (non-hydrogen) atoms. The van der Waals surface area contributed by atoms with Gasteiger partial charge in [-0.15, -0.1) is 0 Å². The number of hydrogen-bond acceptors (Lipinski definition) is 10. The first-order valence-corrected chi connectivity index (χ1v) is 17.3. The molecule has 14 heteroatoms. The third-order valence-corrected chi connectivity index (χ3v) is 9.20. The van der Waals surface area contributed by atoms with Crippen LogP contribution in [0.3, 0.4) is 0 Å². The summed E-state index contributed by atoms with van der Waals surface area (Å²) in [7, 11) is 1.49. The molecule has 0 spiro atoms. The first-order valence-electron chi connectivity index (χ1n) is 17.3. The summed E-state index contributed by atoms with van der Waals surface area (Å²) in [5, 5.41) is 2.81. The van der Waals surface area contributed by atoms with Crippen molar-refractivity contribution in [3.8, 4) is 5.75 Å². The van der Waals surface area contributed by atoms with Crippen LogP contribution in [0.15, 0.2) is 12.1 Å². The Balaban J connectivity index is 1.52. The molecule has 1 aromatic rings. The molecule has 4 amide bonds. The van der Waals surface area contributed by atoms with Crippen LogP contribution < -0.4 is 15.0 Å². The van der Waals surface area contributed by atoms with E-state index in [0.29, 0.717) is 74.4 Å². The quantitative estimate of drug-likeness (QED) is 0.255. The van der Waals surface area contributed by atoms with Crippen molar-refractivity contribution in [1.29, 1.82) is 0 Å². The molecule has 2 unspecified atom stereocenters. The Labute approximate surface area is 288 Å². The number of piperidine rings is 1. The van der Waals surface area contributed by atoms with E-state index in [-0.39, 0.29) is 62.0 Å². The fourth-order valence-electron chi connectivity index (χ4n) is 6.64. The highest BCUT2D eigenvalue weighted by Crippen LogP contribution is 2.40. The molecule has 1 N–H and O–H groups in total. The highest BCUT2D eigenvalue weighted by molar-refractivity contribution is 6.05. The van der Waals surface area contributed by atoms with Crippen molar-refractivity contribution in [1.82, 2.24) is 15.1 Å². The van der Waals surface area contributed by atoms with Crippen LogP contribution in [-0.4, -0.2) is 117 Å². The Morgan fingerprint density at radius 3 is 2.47 bits per heavy atom. The topological polar surface area (TPSA) is 153 Å². The van der Waals surface area contributed by atoms with Crippen molar-refractivity contribution in [2.24, 2.45) is 5.92 Å². The molecule has 0 bridgehead atoms. The molecule has 2 fully saturated rings. The number of aryl methyl sites for hydroxylation is 1. The number of ether oxygens (including phenoxy) is 5. The first-order chi connectivity index (χ1) is 23.3. The van der Waals surface area contributed by atoms with Gasteiger partial charge in [0.05, 0.1) is 24.3 Å². The molecule has 1 aromatic carbocycles. The third kappa shape index (κ3) is 9.01. The van der Waals surface area contributed by atoms with E-state index in [1.54, 1.807) is 35.8 Å². The molecule has 0 saturated carbocycles. The van der Waals surface area contributed by atoms with Gasteiger partial charge in [-0.2, -0.15) is 0 Å². The number of nitrogens with zero attached hydrogens (tertiary/aromatic N) is 3. The Morgan fingerprint density at radius 1 is 1.10 bits per heavy atom. The molecule has 0 aromatic heterocycles. The van der Waals surface area contributed by atoms with E-state index in [0.717, 1.165) is 0 Å². The molecule has 14 nitrogen and oxygen atoms in total. The fourth-order valence-corrected chi connectivity index (χ4v) is 6.64. The van der Waals surface area contributed by atoms with Gasteiger partial charge in [-0.1, -0.05) is 6.92 Å². The molecule has 2 saturated heterocycles. The first kappa shape index (κ1) is 37.9. The largest absolute Gasteiger partial charge is 0.473 e. The van der Waals surface area contributed by atoms with Gasteiger partial charge in [0, 0.05) is 71.5 Å². The predicted octanol–water partition coefficient (Wildman–Crippen LogP) is 3.42. The minimum absolute atomic E-state index is 0.0156. The van der Waals surface area contributed by atoms with Crippen molar-refractivity contribution in [2.75, 3.05) is 58.0 Å². The molecule has 3 atom stereocenters. The van der Waals surface area contributed by atoms with Crippen LogP contribution in [0.4, 0.5) is 10.5 Å². The Hall–Kier alpha value is -3.91. The highest BCUT2D eigenvalue weighted by atomic mass is 16.7. The average Bonchev–Trinajstić information content (AvgIpc) is 3.06. The van der Waals surface area contributed by atoms with E-state index in [2.05, 4.69) is 5.32 Å². The number of benzene rings is 1. The molecule has 272 valence electrons. The van der Waals surface area contributed by atoms with Gasteiger partial charge < -0.3 is 43.7 Å². The number of methoxy groups -OCH3 is 1. The molecule has 4 rings (SSSR count). The Kier molecular flexibility index (Phi) is 12.9. The van der Waals surface area contributed by atoms with Gasteiger partial charge in [-0.05, 0) is 71.1 Å². The second-order valence-corrected chi connectivity index (χ2v) is 13.4. The van der Waals surface area contributed by atoms with Gasteiger partial charge in [-0.3, -0.25) is 19.2 Å². The molecular weight excluding hydrogens is 636 g/mol. The van der Waals surface area contributed by atoms with Crippen molar-refractivity contribution in [3.05, 3.63) is 23.3 Å². The van der Waals surface area contributed by atoms with Crippen LogP contribution in [0.5, 0.6) is 5.75 Å². The zero-order chi connectivity index (χ0) is 35.9. The second kappa shape index (κ2) is 16.7. The van der Waals surface area contributed by atoms with E-state index < -0.39 is 24.0 Å². The summed E-state index contributed by atoms with van der Waals surface area (Å²) in [5.74, 6) is -0.971. The summed E-state index contributed by atoms with van der Waals surface area (Å²) < 4.78 is 27.7. The lowest BCUT2D eigenvalue weighted by Crippen LogP contribution is -2.58. The second-order valence-electron chi connectivity index (χ2n) is 13.4. The number of rotatable bonds is 12. The number of carbonyl (C=O) groups is 5. The lowest BCUT2D eigenvalue weighted by molar-refractivity contribution is -0.174. The normalized spacial score (nSPS) is 21.8. The highest BCUT2D eigenvalue weighted by Gasteiger charge is 2.45. The SMILES string of the molecule is CCC(=O)NCCN1C(=O)C(C)(COC)Oc2cc(C)c(C(=O)N(C(C)C)[C@@H]3CCCN(C(=O)OC(C)OC(=O)C4CCOCC4)C3)cc21. The van der Waals surface area contributed by atoms with E-state index >= 15 is 0 Å². The van der Waals surface area contributed by atoms with Crippen LogP contribution in [-0.2, 0) is 33.3 Å². The number of likely N-dealkylation sites (tertiary alicyclic amines) is 1. The molecular formula is C35H52N4O10. The monoisotopic (exact) mass is 688 g/mol. The van der Waals surface area contributed by atoms with Crippen LogP contribution in [0, 0.1) is 12.8 Å². The van der Waals surface area contributed by atoms with Crippen molar-refractivity contribution >= 4 is 35.5 Å². The third-order valence-electron chi connectivity index (χ3n) is 9.20. The summed E-state index contributed by atoms with van der Waals surface area (Å²) >= 11 is 0. The summed E-state index contributed by atoms with van der Waals surface area (Å²) in [4.78, 5) is 70.6. The number of fused-ring (bicyclic) bond motifs is 1. The predicted molar refractivity (Wildman–Crippen MR) is 179 cm³/mol. The van der Waals surface area contributed by atoms with Gasteiger partial charge in [0.2, 0.25) is 17.8 Å². The average molecular weight is 689 g/mol. The number of anilines is 1. The van der Waals surface area contributed by atoms with Gasteiger partial charge >= 0.3 is 12.1 Å². The van der Waals surface area contributed by atoms with Crippen LogP contribution >= 0.6 is 0 Å². The lowest BCUT2D eigenvalue weighted by Gasteiger charge is -2.42. The minimum atomic E-state index is -1.29. The number of amides is 4. The number of esters is 1. The van der Waals surface area contributed by atoms with E-state index in [1.165, 1.54) is 18.9 Å². The zero-order valence-corrected chi connectivity index (χ0v) is 29.9. The minimum Gasteiger partial charge on any atom is -0.473 e. The molecule has 3 heterocycles. The summed E-state index contributed by atoms with van der Waals surface area (Å²) in [6.07, 6.45) is 1.11. The Morgan fingerprint density at radius 2 is 1.82 bits per heavy atom. The standard InChI is InChI=1S/C35H52N4O10/c1-8-30(40)36-13-15-38-28-19-27(23(4)18-29(28)49-35(6,21-45-7)33(38)43)31(41)39(22(2)3)26-10-9-14-37(20-26)34(44)48-24(5)47-32(42)25-11-16-46-17-12-25/h18-19,22,24-26H,8-17,20-21H2,1-7H3,(H,36,40)/t24?,26-,35?/m1/s1. The van der Waals surface area contributed by atoms with Gasteiger partial charge in [-0.25, -0.2) is 4.79 Å². The number of carbonyl (C=O) groups excluding carboxylic acids is 5. The van der Waals surface area contributed by atoms with Crippen LogP contribution in [0.25, 0.3) is 0 Å². The fraction of sp³-hybridized carbons (Fsp3) is 0.686. The van der Waals surface area contributed by atoms with Gasteiger partial charge in [0.15, 0.2) is 0 Å². The number of hydrogen-bond donors (Lipinski definition) is 1.